The maximum absolute atomic E-state index is 12.5. The van der Waals surface area contributed by atoms with Crippen LogP contribution >= 0.6 is 0 Å². The summed E-state index contributed by atoms with van der Waals surface area (Å²) in [6.07, 6.45) is 2.89. The predicted octanol–water partition coefficient (Wildman–Crippen LogP) is 1.78. The van der Waals surface area contributed by atoms with E-state index >= 15 is 0 Å². The van der Waals surface area contributed by atoms with E-state index in [2.05, 4.69) is 32.7 Å². The van der Waals surface area contributed by atoms with Gasteiger partial charge in [-0.05, 0) is 36.1 Å². The van der Waals surface area contributed by atoms with E-state index in [9.17, 15) is 9.90 Å². The number of aliphatic hydroxyl groups is 1. The number of carbonyl (C=O) groups is 1. The van der Waals surface area contributed by atoms with Crippen LogP contribution in [0, 0.1) is 0 Å². The van der Waals surface area contributed by atoms with Gasteiger partial charge in [0.05, 0.1) is 6.10 Å². The predicted molar refractivity (Wildman–Crippen MR) is 111 cm³/mol. The largest absolute Gasteiger partial charge is 0.390 e. The van der Waals surface area contributed by atoms with Crippen LogP contribution in [0.4, 0.5) is 5.82 Å². The molecule has 3 heterocycles. The maximum atomic E-state index is 12.5. The lowest BCUT2D eigenvalue weighted by molar-refractivity contribution is 0.0855. The van der Waals surface area contributed by atoms with E-state index in [-0.39, 0.29) is 12.5 Å². The van der Waals surface area contributed by atoms with Gasteiger partial charge in [-0.1, -0.05) is 24.3 Å². The molecular weight excluding hydrogens is 368 g/mol. The number of ether oxygens (including phenoxy) is 1. The summed E-state index contributed by atoms with van der Waals surface area (Å²) in [5, 5.41) is 16.6. The van der Waals surface area contributed by atoms with Gasteiger partial charge in [-0.15, -0.1) is 0 Å². The van der Waals surface area contributed by atoms with Crippen LogP contribution in [0.15, 0.2) is 42.6 Å². The monoisotopic (exact) mass is 396 g/mol. The lowest BCUT2D eigenvalue weighted by atomic mass is 10.1. The first-order chi connectivity index (χ1) is 14.2. The zero-order chi connectivity index (χ0) is 20.1. The molecule has 1 saturated heterocycles. The zero-order valence-corrected chi connectivity index (χ0v) is 16.5. The first kappa shape index (κ1) is 19.8. The van der Waals surface area contributed by atoms with Crippen molar-refractivity contribution in [1.82, 2.24) is 15.2 Å². The van der Waals surface area contributed by atoms with Gasteiger partial charge in [0.15, 0.2) is 0 Å². The number of aromatic nitrogens is 1. The molecule has 2 aromatic rings. The van der Waals surface area contributed by atoms with Gasteiger partial charge in [-0.3, -0.25) is 9.69 Å². The van der Waals surface area contributed by atoms with Crippen molar-refractivity contribution in [3.63, 3.8) is 0 Å². The molecule has 0 bridgehead atoms. The number of carbonyl (C=O) groups excluding carboxylic acids is 1. The number of aliphatic hydroxyl groups excluding tert-OH is 1. The second-order valence-electron chi connectivity index (χ2n) is 7.76. The molecule has 1 atom stereocenters. The Morgan fingerprint density at radius 3 is 2.66 bits per heavy atom. The fraction of sp³-hybridized carbons (Fsp3) is 0.455. The summed E-state index contributed by atoms with van der Waals surface area (Å²) < 4.78 is 5.37. The van der Waals surface area contributed by atoms with Gasteiger partial charge < -0.3 is 20.5 Å². The van der Waals surface area contributed by atoms with Crippen LogP contribution in [0.1, 0.15) is 34.3 Å². The number of benzene rings is 1. The van der Waals surface area contributed by atoms with Crippen molar-refractivity contribution >= 4 is 11.7 Å². The minimum Gasteiger partial charge on any atom is -0.390 e. The molecule has 0 aliphatic carbocycles. The Labute approximate surface area is 171 Å². The number of β-amino-alcohol motifs (C(OH)–C–C–N with tert-alkyl or cyclic N) is 1. The van der Waals surface area contributed by atoms with E-state index in [0.717, 1.165) is 39.1 Å². The molecule has 0 spiro atoms. The van der Waals surface area contributed by atoms with E-state index in [1.165, 1.54) is 11.1 Å². The molecule has 1 fully saturated rings. The Balaban J connectivity index is 1.24. The highest BCUT2D eigenvalue weighted by Gasteiger charge is 2.21. The minimum absolute atomic E-state index is 0.203. The van der Waals surface area contributed by atoms with Crippen LogP contribution in [0.25, 0.3) is 0 Å². The molecule has 0 saturated carbocycles. The highest BCUT2D eigenvalue weighted by molar-refractivity contribution is 5.94. The van der Waals surface area contributed by atoms with E-state index in [1.54, 1.807) is 18.3 Å². The molecule has 154 valence electrons. The molecule has 7 nitrogen and oxygen atoms in total. The fourth-order valence-electron chi connectivity index (χ4n) is 3.91. The third-order valence-corrected chi connectivity index (χ3v) is 5.47. The van der Waals surface area contributed by atoms with Gasteiger partial charge in [-0.25, -0.2) is 4.98 Å². The Morgan fingerprint density at radius 1 is 1.21 bits per heavy atom. The normalized spacial score (nSPS) is 18.2. The summed E-state index contributed by atoms with van der Waals surface area (Å²) >= 11 is 0. The number of hydrogen-bond acceptors (Lipinski definition) is 6. The molecule has 1 amide bonds. The summed E-state index contributed by atoms with van der Waals surface area (Å²) in [5.74, 6) is 0.492. The fourth-order valence-corrected chi connectivity index (χ4v) is 3.91. The second-order valence-corrected chi connectivity index (χ2v) is 7.76. The molecule has 3 N–H and O–H groups in total. The van der Waals surface area contributed by atoms with Gasteiger partial charge in [0, 0.05) is 57.2 Å². The number of nitrogens with one attached hydrogen (secondary N) is 2. The van der Waals surface area contributed by atoms with E-state index < -0.39 is 6.10 Å². The molecule has 1 aromatic heterocycles. The van der Waals surface area contributed by atoms with Crippen molar-refractivity contribution in [2.24, 2.45) is 0 Å². The van der Waals surface area contributed by atoms with Crippen molar-refractivity contribution in [2.75, 3.05) is 31.6 Å². The number of nitrogens with zero attached hydrogens (tertiary/aromatic N) is 2. The van der Waals surface area contributed by atoms with Gasteiger partial charge in [0.2, 0.25) is 0 Å². The Bertz CT molecular complexity index is 813. The quantitative estimate of drug-likeness (QED) is 0.661. The molecule has 0 radical (unpaired) electrons. The average molecular weight is 396 g/mol. The number of amides is 1. The van der Waals surface area contributed by atoms with Crippen molar-refractivity contribution in [1.29, 1.82) is 0 Å². The number of fused-ring (bicyclic) bond motifs is 1. The van der Waals surface area contributed by atoms with Crippen molar-refractivity contribution in [2.45, 2.75) is 38.1 Å². The van der Waals surface area contributed by atoms with E-state index in [1.807, 2.05) is 12.1 Å². The molecule has 0 unspecified atom stereocenters. The van der Waals surface area contributed by atoms with Gasteiger partial charge in [0.1, 0.15) is 5.82 Å². The Hall–Kier alpha value is -2.48. The SMILES string of the molecule is O=C(NC[C@H](O)CN1Cc2ccccc2C1)c1ccnc(NC2CCOCC2)c1. The first-order valence-electron chi connectivity index (χ1n) is 10.2. The topological polar surface area (TPSA) is 86.7 Å². The maximum Gasteiger partial charge on any atom is 0.251 e. The van der Waals surface area contributed by atoms with Gasteiger partial charge >= 0.3 is 0 Å². The number of pyridine rings is 1. The minimum atomic E-state index is -0.616. The average Bonchev–Trinajstić information content (AvgIpc) is 3.15. The molecular formula is C22H28N4O3. The molecule has 29 heavy (non-hydrogen) atoms. The number of rotatable bonds is 7. The van der Waals surface area contributed by atoms with E-state index in [4.69, 9.17) is 4.74 Å². The third kappa shape index (κ3) is 5.32. The van der Waals surface area contributed by atoms with Gasteiger partial charge in [-0.2, -0.15) is 0 Å². The van der Waals surface area contributed by atoms with Crippen LogP contribution < -0.4 is 10.6 Å². The second kappa shape index (κ2) is 9.35. The van der Waals surface area contributed by atoms with Crippen LogP contribution in [0.3, 0.4) is 0 Å². The van der Waals surface area contributed by atoms with Gasteiger partial charge in [0.25, 0.3) is 5.91 Å². The lowest BCUT2D eigenvalue weighted by Gasteiger charge is -2.23. The van der Waals surface area contributed by atoms with Crippen molar-refractivity contribution in [3.05, 3.63) is 59.3 Å². The molecule has 7 heteroatoms. The summed E-state index contributed by atoms with van der Waals surface area (Å²) in [7, 11) is 0. The Morgan fingerprint density at radius 2 is 1.93 bits per heavy atom. The van der Waals surface area contributed by atoms with E-state index in [0.29, 0.717) is 24.0 Å². The van der Waals surface area contributed by atoms with Crippen LogP contribution in [-0.4, -0.2) is 59.3 Å². The zero-order valence-electron chi connectivity index (χ0n) is 16.5. The van der Waals surface area contributed by atoms with Crippen molar-refractivity contribution in [3.8, 4) is 0 Å². The highest BCUT2D eigenvalue weighted by Crippen LogP contribution is 2.22. The van der Waals surface area contributed by atoms with Crippen molar-refractivity contribution < 1.29 is 14.6 Å². The summed E-state index contributed by atoms with van der Waals surface area (Å²) in [4.78, 5) is 19.0. The standard InChI is InChI=1S/C22H28N4O3/c27-20(15-26-13-17-3-1-2-4-18(17)14-26)12-24-22(28)16-5-8-23-21(11-16)25-19-6-9-29-10-7-19/h1-5,8,11,19-20,27H,6-7,9-10,12-15H2,(H,23,25)(H,24,28)/t20-/m0/s1. The van der Waals surface area contributed by atoms with Crippen LogP contribution in [0.2, 0.25) is 0 Å². The smallest absolute Gasteiger partial charge is 0.251 e. The summed E-state index contributed by atoms with van der Waals surface area (Å²) in [6, 6.07) is 12.1. The van der Waals surface area contributed by atoms with Crippen LogP contribution in [0.5, 0.6) is 0 Å². The molecule has 4 rings (SSSR count). The Kier molecular flexibility index (Phi) is 6.39. The number of anilines is 1. The van der Waals surface area contributed by atoms with Crippen LogP contribution in [-0.2, 0) is 17.8 Å². The summed E-state index contributed by atoms with van der Waals surface area (Å²) in [5.41, 5.74) is 3.16. The lowest BCUT2D eigenvalue weighted by Crippen LogP contribution is -2.38. The molecule has 2 aliphatic rings. The molecule has 1 aromatic carbocycles. The first-order valence-corrected chi connectivity index (χ1v) is 10.2. The number of hydrogen-bond donors (Lipinski definition) is 3. The highest BCUT2D eigenvalue weighted by atomic mass is 16.5. The third-order valence-electron chi connectivity index (χ3n) is 5.47. The summed E-state index contributed by atoms with van der Waals surface area (Å²) in [6.45, 7) is 3.92. The molecule has 2 aliphatic heterocycles.